The predicted molar refractivity (Wildman–Crippen MR) is 246 cm³/mol. The molecule has 0 radical (unpaired) electrons. The van der Waals surface area contributed by atoms with Gasteiger partial charge in [-0.3, -0.25) is 4.57 Å². The number of benzene rings is 8. The van der Waals surface area contributed by atoms with Gasteiger partial charge in [0.05, 0.1) is 11.0 Å². The molecule has 1 aliphatic carbocycles. The first-order chi connectivity index (χ1) is 30.0. The number of rotatable bonds is 6. The van der Waals surface area contributed by atoms with E-state index in [1.54, 1.807) is 0 Å². The summed E-state index contributed by atoms with van der Waals surface area (Å²) in [6.07, 6.45) is 0. The summed E-state index contributed by atoms with van der Waals surface area (Å²) >= 11 is 0. The summed E-state index contributed by atoms with van der Waals surface area (Å²) in [6, 6.07) is 65.6. The summed E-state index contributed by atoms with van der Waals surface area (Å²) in [4.78, 5) is 20.5. The molecule has 1 aliphatic rings. The molecule has 3 aromatic heterocycles. The summed E-state index contributed by atoms with van der Waals surface area (Å²) in [7, 11) is 0. The van der Waals surface area contributed by atoms with Gasteiger partial charge in [0.25, 0.3) is 0 Å². The van der Waals surface area contributed by atoms with Crippen LogP contribution in [0.3, 0.4) is 0 Å². The third-order valence-corrected chi connectivity index (χ3v) is 12.3. The van der Waals surface area contributed by atoms with Crippen LogP contribution in [0.4, 0.5) is 0 Å². The zero-order chi connectivity index (χ0) is 40.7. The van der Waals surface area contributed by atoms with Crippen molar-refractivity contribution in [2.75, 3.05) is 0 Å². The molecule has 0 bridgehead atoms. The standard InChI is InChI=1S/C55H37N5O/c1-55(2)45-33-39(28-29-41(45)44-30-31-46-50(49(44)55)61-53(56-46)37-16-7-4-8-17-37)38-18-13-19-40(32-38)52-57-51(36-26-24-35(25-27-36)34-14-5-3-6-15-34)58-54(59-52)60-47-22-11-9-20-42(47)43-21-10-12-23-48(43)60/h3-33H,1-2H3. The molecule has 12 rings (SSSR count). The number of oxazole rings is 1. The van der Waals surface area contributed by atoms with Crippen molar-refractivity contribution in [2.45, 2.75) is 19.3 Å². The van der Waals surface area contributed by atoms with E-state index in [9.17, 15) is 0 Å². The van der Waals surface area contributed by atoms with Gasteiger partial charge in [-0.1, -0.05) is 159 Å². The molecule has 11 aromatic rings. The van der Waals surface area contributed by atoms with Gasteiger partial charge in [0, 0.05) is 38.4 Å². The van der Waals surface area contributed by atoms with Gasteiger partial charge in [-0.05, 0) is 81.4 Å². The largest absolute Gasteiger partial charge is 0.436 e. The third-order valence-electron chi connectivity index (χ3n) is 12.3. The molecule has 3 heterocycles. The minimum atomic E-state index is -0.318. The second-order valence-corrected chi connectivity index (χ2v) is 16.3. The SMILES string of the molecule is CC1(C)c2cc(-c3cccc(-c4nc(-c5ccc(-c6ccccc6)cc5)nc(-n5c6ccccc6c6ccccc65)n4)c3)ccc2-c2ccc3nc(-c4ccccc4)oc3c21. The molecule has 61 heavy (non-hydrogen) atoms. The molecule has 0 saturated carbocycles. The van der Waals surface area contributed by atoms with Gasteiger partial charge in [-0.2, -0.15) is 9.97 Å². The molecular weight excluding hydrogens is 747 g/mol. The molecule has 0 unspecified atom stereocenters. The molecular formula is C55H37N5O. The van der Waals surface area contributed by atoms with Crippen molar-refractivity contribution in [3.8, 4) is 73.6 Å². The van der Waals surface area contributed by atoms with Crippen LogP contribution in [-0.4, -0.2) is 24.5 Å². The van der Waals surface area contributed by atoms with Crippen molar-refractivity contribution in [3.63, 3.8) is 0 Å². The fourth-order valence-corrected chi connectivity index (χ4v) is 9.29. The Kier molecular flexibility index (Phi) is 7.78. The molecule has 0 fully saturated rings. The Labute approximate surface area is 352 Å². The second kappa shape index (κ2) is 13.5. The van der Waals surface area contributed by atoms with E-state index in [-0.39, 0.29) is 5.41 Å². The van der Waals surface area contributed by atoms with Crippen LogP contribution in [-0.2, 0) is 5.41 Å². The highest BCUT2D eigenvalue weighted by Crippen LogP contribution is 2.52. The number of nitrogens with zero attached hydrogens (tertiary/aromatic N) is 5. The lowest BCUT2D eigenvalue weighted by Gasteiger charge is -2.22. The van der Waals surface area contributed by atoms with Gasteiger partial charge in [-0.15, -0.1) is 0 Å². The zero-order valence-corrected chi connectivity index (χ0v) is 33.5. The molecule has 0 spiro atoms. The van der Waals surface area contributed by atoms with Crippen molar-refractivity contribution in [2.24, 2.45) is 0 Å². The number of aromatic nitrogens is 5. The Bertz CT molecular complexity index is 3440. The Morgan fingerprint density at radius 3 is 1.69 bits per heavy atom. The van der Waals surface area contributed by atoms with Gasteiger partial charge in [0.15, 0.2) is 17.2 Å². The van der Waals surface area contributed by atoms with Crippen LogP contribution >= 0.6 is 0 Å². The van der Waals surface area contributed by atoms with Crippen LogP contribution in [0, 0.1) is 0 Å². The molecule has 0 N–H and O–H groups in total. The molecule has 0 amide bonds. The van der Waals surface area contributed by atoms with Crippen molar-refractivity contribution in [3.05, 3.63) is 199 Å². The van der Waals surface area contributed by atoms with E-state index in [0.29, 0.717) is 23.5 Å². The summed E-state index contributed by atoms with van der Waals surface area (Å²) in [5.74, 6) is 2.42. The van der Waals surface area contributed by atoms with Crippen LogP contribution in [0.1, 0.15) is 25.0 Å². The summed E-state index contributed by atoms with van der Waals surface area (Å²) in [6.45, 7) is 4.58. The Morgan fingerprint density at radius 1 is 0.426 bits per heavy atom. The van der Waals surface area contributed by atoms with E-state index in [2.05, 4.69) is 170 Å². The molecule has 288 valence electrons. The van der Waals surface area contributed by atoms with E-state index in [4.69, 9.17) is 24.4 Å². The molecule has 8 aromatic carbocycles. The second-order valence-electron chi connectivity index (χ2n) is 16.3. The van der Waals surface area contributed by atoms with Crippen LogP contribution in [0.15, 0.2) is 192 Å². The quantitative estimate of drug-likeness (QED) is 0.168. The predicted octanol–water partition coefficient (Wildman–Crippen LogP) is 13.8. The lowest BCUT2D eigenvalue weighted by molar-refractivity contribution is 0.593. The Hall–Kier alpha value is -7.96. The molecule has 6 nitrogen and oxygen atoms in total. The number of hydrogen-bond acceptors (Lipinski definition) is 5. The average Bonchev–Trinajstić information content (AvgIpc) is 3.98. The van der Waals surface area contributed by atoms with Crippen molar-refractivity contribution < 1.29 is 4.42 Å². The summed E-state index contributed by atoms with van der Waals surface area (Å²) in [5, 5.41) is 2.30. The van der Waals surface area contributed by atoms with E-state index in [1.807, 2.05) is 36.4 Å². The molecule has 0 aliphatic heterocycles. The van der Waals surface area contributed by atoms with E-state index in [1.165, 1.54) is 22.3 Å². The minimum Gasteiger partial charge on any atom is -0.436 e. The van der Waals surface area contributed by atoms with Gasteiger partial charge < -0.3 is 4.42 Å². The summed E-state index contributed by atoms with van der Waals surface area (Å²) < 4.78 is 8.73. The van der Waals surface area contributed by atoms with Gasteiger partial charge in [0.1, 0.15) is 5.52 Å². The maximum Gasteiger partial charge on any atom is 0.238 e. The van der Waals surface area contributed by atoms with Gasteiger partial charge >= 0.3 is 0 Å². The van der Waals surface area contributed by atoms with E-state index >= 15 is 0 Å². The number of fused-ring (bicyclic) bond motifs is 8. The monoisotopic (exact) mass is 783 g/mol. The maximum absolute atomic E-state index is 6.56. The fourth-order valence-electron chi connectivity index (χ4n) is 9.29. The van der Waals surface area contributed by atoms with Gasteiger partial charge in [0.2, 0.25) is 11.8 Å². The topological polar surface area (TPSA) is 69.6 Å². The van der Waals surface area contributed by atoms with Gasteiger partial charge in [-0.25, -0.2) is 9.97 Å². The first-order valence-electron chi connectivity index (χ1n) is 20.6. The Morgan fingerprint density at radius 2 is 0.967 bits per heavy atom. The minimum absolute atomic E-state index is 0.318. The van der Waals surface area contributed by atoms with Crippen molar-refractivity contribution >= 4 is 32.9 Å². The first kappa shape index (κ1) is 35.0. The lowest BCUT2D eigenvalue weighted by atomic mass is 9.81. The highest BCUT2D eigenvalue weighted by atomic mass is 16.3. The number of para-hydroxylation sites is 2. The Balaban J connectivity index is 0.975. The lowest BCUT2D eigenvalue weighted by Crippen LogP contribution is -2.15. The van der Waals surface area contributed by atoms with Crippen molar-refractivity contribution in [1.82, 2.24) is 24.5 Å². The molecule has 0 atom stereocenters. The maximum atomic E-state index is 6.56. The third kappa shape index (κ3) is 5.64. The normalized spacial score (nSPS) is 12.9. The first-order valence-corrected chi connectivity index (χ1v) is 20.6. The fraction of sp³-hybridized carbons (Fsp3) is 0.0545. The molecule has 6 heteroatoms. The van der Waals surface area contributed by atoms with Crippen LogP contribution < -0.4 is 0 Å². The van der Waals surface area contributed by atoms with Crippen molar-refractivity contribution in [1.29, 1.82) is 0 Å². The van der Waals surface area contributed by atoms with E-state index < -0.39 is 0 Å². The van der Waals surface area contributed by atoms with Crippen LogP contribution in [0.25, 0.3) is 106 Å². The highest BCUT2D eigenvalue weighted by Gasteiger charge is 2.39. The van der Waals surface area contributed by atoms with Crippen LogP contribution in [0.5, 0.6) is 0 Å². The number of hydrogen-bond donors (Lipinski definition) is 0. The highest BCUT2D eigenvalue weighted by molar-refractivity contribution is 6.09. The van der Waals surface area contributed by atoms with E-state index in [0.717, 1.165) is 71.8 Å². The average molecular weight is 784 g/mol. The summed E-state index contributed by atoms with van der Waals surface area (Å²) in [5.41, 5.74) is 15.6. The molecule has 0 saturated heterocycles. The zero-order valence-electron chi connectivity index (χ0n) is 33.5. The van der Waals surface area contributed by atoms with Crippen LogP contribution in [0.2, 0.25) is 0 Å². The smallest absolute Gasteiger partial charge is 0.238 e.